The van der Waals surface area contributed by atoms with E-state index in [1.165, 1.54) is 0 Å². The van der Waals surface area contributed by atoms with Gasteiger partial charge in [0.05, 0.1) is 23.1 Å². The van der Waals surface area contributed by atoms with Crippen LogP contribution in [-0.4, -0.2) is 43.3 Å². The third kappa shape index (κ3) is 4.80. The fraction of sp³-hybridized carbons (Fsp3) is 0.529. The first-order chi connectivity index (χ1) is 10.9. The number of aryl methyl sites for hydroxylation is 1. The standard InChI is InChI=1S/C17H22N2O3S/c1-2-10-19(16-9-11-23(21,22)13-16)17(20)8-7-14-3-5-15(12-18)6-4-14/h3-6,16H,2,7-11,13H2,1H3. The monoisotopic (exact) mass is 334 g/mol. The van der Waals surface area contributed by atoms with Gasteiger partial charge in [-0.3, -0.25) is 4.79 Å². The van der Waals surface area contributed by atoms with Gasteiger partial charge in [-0.25, -0.2) is 8.42 Å². The summed E-state index contributed by atoms with van der Waals surface area (Å²) in [6.07, 6.45) is 2.33. The highest BCUT2D eigenvalue weighted by Gasteiger charge is 2.33. The quantitative estimate of drug-likeness (QED) is 0.796. The van der Waals surface area contributed by atoms with Crippen molar-refractivity contribution in [2.45, 2.75) is 38.6 Å². The van der Waals surface area contributed by atoms with Crippen molar-refractivity contribution in [3.05, 3.63) is 35.4 Å². The summed E-state index contributed by atoms with van der Waals surface area (Å²) in [5.41, 5.74) is 1.61. The van der Waals surface area contributed by atoms with Crippen molar-refractivity contribution in [3.63, 3.8) is 0 Å². The summed E-state index contributed by atoms with van der Waals surface area (Å²) >= 11 is 0. The lowest BCUT2D eigenvalue weighted by molar-refractivity contribution is -0.133. The van der Waals surface area contributed by atoms with Crippen LogP contribution in [0.3, 0.4) is 0 Å². The summed E-state index contributed by atoms with van der Waals surface area (Å²) in [4.78, 5) is 14.3. The Morgan fingerprint density at radius 1 is 1.35 bits per heavy atom. The summed E-state index contributed by atoms with van der Waals surface area (Å²) in [6.45, 7) is 2.59. The molecule has 2 rings (SSSR count). The molecule has 1 saturated heterocycles. The van der Waals surface area contributed by atoms with Crippen LogP contribution in [0.1, 0.15) is 37.3 Å². The summed E-state index contributed by atoms with van der Waals surface area (Å²) in [7, 11) is -2.99. The Hall–Kier alpha value is -1.87. The van der Waals surface area contributed by atoms with Crippen LogP contribution >= 0.6 is 0 Å². The van der Waals surface area contributed by atoms with Crippen LogP contribution in [0.25, 0.3) is 0 Å². The Morgan fingerprint density at radius 2 is 2.04 bits per heavy atom. The first kappa shape index (κ1) is 17.5. The number of carbonyl (C=O) groups excluding carboxylic acids is 1. The lowest BCUT2D eigenvalue weighted by Crippen LogP contribution is -2.41. The van der Waals surface area contributed by atoms with Crippen LogP contribution in [0.15, 0.2) is 24.3 Å². The minimum absolute atomic E-state index is 0.0123. The van der Waals surface area contributed by atoms with Gasteiger partial charge in [0.2, 0.25) is 5.91 Å². The zero-order valence-electron chi connectivity index (χ0n) is 13.4. The molecule has 0 aromatic heterocycles. The normalized spacial score (nSPS) is 19.2. The van der Waals surface area contributed by atoms with Crippen molar-refractivity contribution in [1.29, 1.82) is 5.26 Å². The number of amides is 1. The SMILES string of the molecule is CCCN(C(=O)CCc1ccc(C#N)cc1)C1CCS(=O)(=O)C1. The Kier molecular flexibility index (Phi) is 5.78. The van der Waals surface area contributed by atoms with E-state index >= 15 is 0 Å². The molecule has 1 aliphatic heterocycles. The summed E-state index contributed by atoms with van der Waals surface area (Å²) in [5.74, 6) is 0.287. The number of rotatable bonds is 6. The third-order valence-corrected chi connectivity index (χ3v) is 5.89. The van der Waals surface area contributed by atoms with Crippen LogP contribution in [0.5, 0.6) is 0 Å². The van der Waals surface area contributed by atoms with E-state index in [1.54, 1.807) is 17.0 Å². The smallest absolute Gasteiger partial charge is 0.223 e. The summed E-state index contributed by atoms with van der Waals surface area (Å²) < 4.78 is 23.3. The van der Waals surface area contributed by atoms with Gasteiger partial charge in [0.25, 0.3) is 0 Å². The van der Waals surface area contributed by atoms with Crippen molar-refractivity contribution >= 4 is 15.7 Å². The second-order valence-electron chi connectivity index (χ2n) is 5.95. The Morgan fingerprint density at radius 3 is 2.57 bits per heavy atom. The molecule has 0 saturated carbocycles. The predicted octanol–water partition coefficient (Wildman–Crippen LogP) is 1.92. The predicted molar refractivity (Wildman–Crippen MR) is 88.5 cm³/mol. The minimum Gasteiger partial charge on any atom is -0.339 e. The molecule has 1 fully saturated rings. The zero-order valence-corrected chi connectivity index (χ0v) is 14.2. The van der Waals surface area contributed by atoms with Gasteiger partial charge in [0.1, 0.15) is 0 Å². The number of nitriles is 1. The molecule has 23 heavy (non-hydrogen) atoms. The van der Waals surface area contributed by atoms with Crippen LogP contribution in [0.2, 0.25) is 0 Å². The molecule has 1 aromatic carbocycles. The number of nitrogens with zero attached hydrogens (tertiary/aromatic N) is 2. The first-order valence-corrected chi connectivity index (χ1v) is 9.76. The molecule has 1 unspecified atom stereocenters. The highest BCUT2D eigenvalue weighted by molar-refractivity contribution is 7.91. The van der Waals surface area contributed by atoms with E-state index in [0.29, 0.717) is 31.4 Å². The molecule has 1 atom stereocenters. The van der Waals surface area contributed by atoms with Crippen molar-refractivity contribution in [1.82, 2.24) is 4.90 Å². The molecule has 0 aliphatic carbocycles. The van der Waals surface area contributed by atoms with Crippen molar-refractivity contribution in [2.24, 2.45) is 0 Å². The van der Waals surface area contributed by atoms with Crippen LogP contribution in [0.4, 0.5) is 0 Å². The van der Waals surface area contributed by atoms with Crippen LogP contribution < -0.4 is 0 Å². The molecule has 1 heterocycles. The zero-order chi connectivity index (χ0) is 16.9. The van der Waals surface area contributed by atoms with E-state index in [9.17, 15) is 13.2 Å². The van der Waals surface area contributed by atoms with E-state index < -0.39 is 9.84 Å². The lowest BCUT2D eigenvalue weighted by atomic mass is 10.1. The molecule has 0 N–H and O–H groups in total. The molecule has 124 valence electrons. The third-order valence-electron chi connectivity index (χ3n) is 4.14. The van der Waals surface area contributed by atoms with Crippen molar-refractivity contribution in [3.8, 4) is 6.07 Å². The van der Waals surface area contributed by atoms with Gasteiger partial charge in [-0.15, -0.1) is 0 Å². The number of sulfone groups is 1. The number of benzene rings is 1. The first-order valence-electron chi connectivity index (χ1n) is 7.94. The average molecular weight is 334 g/mol. The molecule has 1 aliphatic rings. The highest BCUT2D eigenvalue weighted by Crippen LogP contribution is 2.19. The van der Waals surface area contributed by atoms with Gasteiger partial charge in [-0.2, -0.15) is 5.26 Å². The van der Waals surface area contributed by atoms with E-state index in [0.717, 1.165) is 12.0 Å². The topological polar surface area (TPSA) is 78.2 Å². The number of hydrogen-bond donors (Lipinski definition) is 0. The largest absolute Gasteiger partial charge is 0.339 e. The van der Waals surface area contributed by atoms with Crippen LogP contribution in [0, 0.1) is 11.3 Å². The minimum atomic E-state index is -2.99. The Bertz CT molecular complexity index is 690. The molecule has 0 radical (unpaired) electrons. The molecule has 6 heteroatoms. The molecule has 0 spiro atoms. The van der Waals surface area contributed by atoms with Crippen molar-refractivity contribution < 1.29 is 13.2 Å². The van der Waals surface area contributed by atoms with Gasteiger partial charge in [-0.05, 0) is 37.0 Å². The second kappa shape index (κ2) is 7.60. The van der Waals surface area contributed by atoms with Gasteiger partial charge < -0.3 is 4.90 Å². The Labute approximate surface area is 137 Å². The van der Waals surface area contributed by atoms with Crippen molar-refractivity contribution in [2.75, 3.05) is 18.1 Å². The van der Waals surface area contributed by atoms with Gasteiger partial charge in [0.15, 0.2) is 9.84 Å². The molecular weight excluding hydrogens is 312 g/mol. The number of hydrogen-bond acceptors (Lipinski definition) is 4. The van der Waals surface area contributed by atoms with Gasteiger partial charge in [0, 0.05) is 19.0 Å². The molecular formula is C17H22N2O3S. The molecule has 1 aromatic rings. The molecule has 1 amide bonds. The maximum Gasteiger partial charge on any atom is 0.223 e. The molecule has 5 nitrogen and oxygen atoms in total. The summed E-state index contributed by atoms with van der Waals surface area (Å²) in [6, 6.07) is 9.09. The van der Waals surface area contributed by atoms with E-state index in [-0.39, 0.29) is 23.5 Å². The lowest BCUT2D eigenvalue weighted by Gasteiger charge is -2.28. The van der Waals surface area contributed by atoms with Crippen LogP contribution in [-0.2, 0) is 21.1 Å². The van der Waals surface area contributed by atoms with E-state index in [1.807, 2.05) is 19.1 Å². The fourth-order valence-corrected chi connectivity index (χ4v) is 4.64. The Balaban J connectivity index is 1.96. The van der Waals surface area contributed by atoms with Gasteiger partial charge in [-0.1, -0.05) is 19.1 Å². The fourth-order valence-electron chi connectivity index (χ4n) is 2.91. The maximum absolute atomic E-state index is 12.5. The average Bonchev–Trinajstić information content (AvgIpc) is 2.90. The van der Waals surface area contributed by atoms with E-state index in [4.69, 9.17) is 5.26 Å². The molecule has 0 bridgehead atoms. The van der Waals surface area contributed by atoms with Gasteiger partial charge >= 0.3 is 0 Å². The summed E-state index contributed by atoms with van der Waals surface area (Å²) in [5, 5.41) is 8.78. The maximum atomic E-state index is 12.5. The van der Waals surface area contributed by atoms with E-state index in [2.05, 4.69) is 6.07 Å². The highest BCUT2D eigenvalue weighted by atomic mass is 32.2. The number of carbonyl (C=O) groups is 1. The second-order valence-corrected chi connectivity index (χ2v) is 8.18.